The molecule has 4 rings (SSSR count). The molecule has 36 heavy (non-hydrogen) atoms. The van der Waals surface area contributed by atoms with E-state index in [9.17, 15) is 0 Å². The van der Waals surface area contributed by atoms with E-state index in [1.165, 1.54) is 0 Å². The van der Waals surface area contributed by atoms with Gasteiger partial charge in [0.25, 0.3) is 0 Å². The molecule has 0 amide bonds. The number of epoxide rings is 3. The van der Waals surface area contributed by atoms with Gasteiger partial charge in [-0.1, -0.05) is 0 Å². The van der Waals surface area contributed by atoms with E-state index in [1.807, 2.05) is 30.6 Å². The summed E-state index contributed by atoms with van der Waals surface area (Å²) in [6.07, 6.45) is 0.105. The lowest BCUT2D eigenvalue weighted by Gasteiger charge is -2.28. The van der Waals surface area contributed by atoms with Crippen molar-refractivity contribution in [1.29, 1.82) is 0 Å². The van der Waals surface area contributed by atoms with Gasteiger partial charge in [0.2, 0.25) is 17.8 Å². The van der Waals surface area contributed by atoms with Gasteiger partial charge in [0.1, 0.15) is 52.5 Å². The lowest BCUT2D eigenvalue weighted by molar-refractivity contribution is 0.0341. The van der Waals surface area contributed by atoms with Gasteiger partial charge in [-0.25, -0.2) is 0 Å². The van der Waals surface area contributed by atoms with Crippen molar-refractivity contribution in [1.82, 2.24) is 15.0 Å². The molecule has 0 saturated carbocycles. The molecule has 0 aliphatic carbocycles. The van der Waals surface area contributed by atoms with Crippen LogP contribution in [-0.2, 0) is 37.9 Å². The molecule has 0 aromatic carbocycles. The molecule has 14 heteroatoms. The zero-order chi connectivity index (χ0) is 25.2. The summed E-state index contributed by atoms with van der Waals surface area (Å²) in [5, 5.41) is 0. The van der Waals surface area contributed by atoms with Gasteiger partial charge in [-0.15, -0.1) is 0 Å². The van der Waals surface area contributed by atoms with Gasteiger partial charge in [0.05, 0.1) is 26.4 Å². The Bertz CT molecular complexity index is 783. The van der Waals surface area contributed by atoms with Crippen molar-refractivity contribution in [3.63, 3.8) is 0 Å². The van der Waals surface area contributed by atoms with E-state index >= 15 is 0 Å². The first kappa shape index (κ1) is 27.1. The van der Waals surface area contributed by atoms with Crippen LogP contribution in [0.2, 0.25) is 0 Å². The molecule has 0 bridgehead atoms. The minimum atomic E-state index is -0.215. The predicted molar refractivity (Wildman–Crippen MR) is 128 cm³/mol. The first-order chi connectivity index (χ1) is 17.7. The minimum Gasteiger partial charge on any atom is -0.371 e. The molecule has 3 aliphatic heterocycles. The predicted octanol–water partition coefficient (Wildman–Crippen LogP) is 0.375. The van der Waals surface area contributed by atoms with E-state index in [1.54, 1.807) is 4.90 Å². The molecule has 1 aromatic rings. The van der Waals surface area contributed by atoms with E-state index in [4.69, 9.17) is 52.8 Å². The highest BCUT2D eigenvalue weighted by Gasteiger charge is 2.27. The van der Waals surface area contributed by atoms with Crippen molar-refractivity contribution < 1.29 is 37.9 Å². The normalized spacial score (nSPS) is 21.9. The lowest BCUT2D eigenvalue weighted by atomic mass is 10.5. The fraction of sp³-hybridized carbons (Fsp3) is 0.864. The molecule has 1 aromatic heterocycles. The number of ether oxygens (including phenoxy) is 8. The van der Waals surface area contributed by atoms with Gasteiger partial charge in [0, 0.05) is 19.8 Å². The van der Waals surface area contributed by atoms with Crippen LogP contribution >= 0.6 is 0 Å². The second kappa shape index (κ2) is 14.1. The van der Waals surface area contributed by atoms with Crippen molar-refractivity contribution in [3.05, 3.63) is 0 Å². The maximum atomic E-state index is 5.84. The van der Waals surface area contributed by atoms with Crippen LogP contribution in [0.25, 0.3) is 0 Å². The van der Waals surface area contributed by atoms with Crippen LogP contribution in [0.1, 0.15) is 20.8 Å². The Morgan fingerprint density at radius 2 is 1.08 bits per heavy atom. The highest BCUT2D eigenvalue weighted by molar-refractivity contribution is 5.46. The fourth-order valence-electron chi connectivity index (χ4n) is 2.99. The van der Waals surface area contributed by atoms with E-state index in [2.05, 4.69) is 0 Å². The number of aromatic nitrogens is 3. The van der Waals surface area contributed by atoms with Crippen LogP contribution in [0.5, 0.6) is 0 Å². The molecular formula is C22H38N6O8. The highest BCUT2D eigenvalue weighted by atomic mass is 16.8. The van der Waals surface area contributed by atoms with Crippen molar-refractivity contribution in [3.8, 4) is 0 Å². The van der Waals surface area contributed by atoms with Crippen molar-refractivity contribution >= 4 is 17.8 Å². The molecule has 3 saturated heterocycles. The first-order valence-corrected chi connectivity index (χ1v) is 12.5. The summed E-state index contributed by atoms with van der Waals surface area (Å²) in [6.45, 7) is 11.9. The Hall–Kier alpha value is -1.91. The van der Waals surface area contributed by atoms with Crippen LogP contribution in [0.4, 0.5) is 17.8 Å². The second-order valence-corrected chi connectivity index (χ2v) is 8.38. The van der Waals surface area contributed by atoms with Crippen LogP contribution < -0.4 is 14.7 Å². The fourth-order valence-corrected chi connectivity index (χ4v) is 2.99. The van der Waals surface area contributed by atoms with Crippen molar-refractivity contribution in [2.24, 2.45) is 0 Å². The maximum absolute atomic E-state index is 5.84. The molecule has 3 unspecified atom stereocenters. The molecule has 14 nitrogen and oxygen atoms in total. The maximum Gasteiger partial charge on any atom is 0.235 e. The summed E-state index contributed by atoms with van der Waals surface area (Å²) in [4.78, 5) is 19.8. The molecule has 3 fully saturated rings. The summed E-state index contributed by atoms with van der Waals surface area (Å²) in [5.41, 5.74) is 0. The number of rotatable bonds is 21. The van der Waals surface area contributed by atoms with Crippen molar-refractivity contribution in [2.75, 3.05) is 101 Å². The second-order valence-electron chi connectivity index (χ2n) is 8.38. The lowest BCUT2D eigenvalue weighted by Crippen LogP contribution is -2.36. The van der Waals surface area contributed by atoms with Gasteiger partial charge in [-0.2, -0.15) is 15.0 Å². The van der Waals surface area contributed by atoms with Gasteiger partial charge >= 0.3 is 0 Å². The summed E-state index contributed by atoms with van der Waals surface area (Å²) < 4.78 is 44.4. The van der Waals surface area contributed by atoms with Crippen LogP contribution in [0.15, 0.2) is 0 Å². The van der Waals surface area contributed by atoms with Crippen LogP contribution in [0.3, 0.4) is 0 Å². The Kier molecular flexibility index (Phi) is 10.7. The Morgan fingerprint density at radius 1 is 0.639 bits per heavy atom. The number of nitrogens with zero attached hydrogens (tertiary/aromatic N) is 6. The van der Waals surface area contributed by atoms with E-state index < -0.39 is 0 Å². The molecule has 3 atom stereocenters. The Labute approximate surface area is 211 Å². The van der Waals surface area contributed by atoms with Gasteiger partial charge in [0.15, 0.2) is 6.29 Å². The quantitative estimate of drug-likeness (QED) is 0.165. The average molecular weight is 515 g/mol. The number of hydrogen-bond donors (Lipinski definition) is 0. The SMILES string of the molecule is CCOCN(COCC1CO1)c1nc(N(CC)COCC2CO2)nc(N(COCC)COC2CO2)n1. The van der Waals surface area contributed by atoms with Crippen LogP contribution in [0, 0.1) is 0 Å². The summed E-state index contributed by atoms with van der Waals surface area (Å²) in [6, 6.07) is 0. The summed E-state index contributed by atoms with van der Waals surface area (Å²) in [7, 11) is 0. The van der Waals surface area contributed by atoms with Gasteiger partial charge < -0.3 is 42.8 Å². The molecular weight excluding hydrogens is 476 g/mol. The zero-order valence-corrected chi connectivity index (χ0v) is 21.4. The van der Waals surface area contributed by atoms with Gasteiger partial charge in [-0.3, -0.25) is 9.80 Å². The monoisotopic (exact) mass is 514 g/mol. The largest absolute Gasteiger partial charge is 0.371 e. The summed E-state index contributed by atoms with van der Waals surface area (Å²) in [5.74, 6) is 1.28. The number of anilines is 3. The molecule has 0 radical (unpaired) electrons. The Balaban J connectivity index is 1.55. The molecule has 204 valence electrons. The van der Waals surface area contributed by atoms with Crippen LogP contribution in [-0.4, -0.2) is 120 Å². The van der Waals surface area contributed by atoms with E-state index in [0.29, 0.717) is 64.2 Å². The zero-order valence-electron chi connectivity index (χ0n) is 21.4. The number of hydrogen-bond acceptors (Lipinski definition) is 14. The third-order valence-electron chi connectivity index (χ3n) is 5.36. The minimum absolute atomic E-state index is 0.148. The highest BCUT2D eigenvalue weighted by Crippen LogP contribution is 2.22. The third kappa shape index (κ3) is 9.19. The molecule has 0 spiro atoms. The third-order valence-corrected chi connectivity index (χ3v) is 5.36. The average Bonchev–Trinajstić information content (AvgIpc) is 3.74. The Morgan fingerprint density at radius 3 is 1.53 bits per heavy atom. The molecule has 4 heterocycles. The van der Waals surface area contributed by atoms with Crippen molar-refractivity contribution in [2.45, 2.75) is 39.3 Å². The molecule has 3 aliphatic rings. The van der Waals surface area contributed by atoms with E-state index in [0.717, 1.165) is 13.2 Å². The topological polar surface area (TPSA) is 132 Å². The van der Waals surface area contributed by atoms with Gasteiger partial charge in [-0.05, 0) is 20.8 Å². The first-order valence-electron chi connectivity index (χ1n) is 12.5. The molecule has 0 N–H and O–H groups in total. The standard InChI is InChI=1S/C22H38N6O8/c1-4-26(12-31-7-17-9-33-17)20-23-21(27(13-29-5-2)15-32-8-18-10-34-18)25-22(24-20)28(14-30-6-3)16-36-19-11-35-19/h17-19H,4-16H2,1-3H3. The smallest absolute Gasteiger partial charge is 0.235 e. The van der Waals surface area contributed by atoms with E-state index in [-0.39, 0.29) is 45.4 Å². The summed E-state index contributed by atoms with van der Waals surface area (Å²) >= 11 is 0.